The molecule has 5 rings (SSSR count). The number of amides is 1. The van der Waals surface area contributed by atoms with Crippen LogP contribution in [-0.2, 0) is 4.79 Å². The number of H-pyrrole nitrogens is 2. The van der Waals surface area contributed by atoms with Crippen LogP contribution in [0.3, 0.4) is 0 Å². The minimum Gasteiger partial charge on any atom is -0.360 e. The third kappa shape index (κ3) is 2.45. The first-order valence-electron chi connectivity index (χ1n) is 8.39. The van der Waals surface area contributed by atoms with Crippen LogP contribution in [0.25, 0.3) is 21.8 Å². The van der Waals surface area contributed by atoms with E-state index in [0.717, 1.165) is 37.5 Å². The number of aliphatic imine (C=N–C) groups is 1. The fourth-order valence-electron chi connectivity index (χ4n) is 3.49. The molecule has 0 bridgehead atoms. The van der Waals surface area contributed by atoms with Crippen LogP contribution in [0, 0.1) is 0 Å². The van der Waals surface area contributed by atoms with Crippen LogP contribution in [-0.4, -0.2) is 28.1 Å². The van der Waals surface area contributed by atoms with Gasteiger partial charge < -0.3 is 15.3 Å². The van der Waals surface area contributed by atoms with Crippen molar-refractivity contribution < 1.29 is 4.79 Å². The molecule has 0 spiro atoms. The van der Waals surface area contributed by atoms with Gasteiger partial charge in [-0.25, -0.2) is 0 Å². The fourth-order valence-corrected chi connectivity index (χ4v) is 3.85. The molecule has 5 nitrogen and oxygen atoms in total. The van der Waals surface area contributed by atoms with E-state index in [2.05, 4.69) is 48.3 Å². The van der Waals surface area contributed by atoms with E-state index >= 15 is 0 Å². The maximum Gasteiger partial charge on any atom is 0.270 e. The second-order valence-corrected chi connectivity index (χ2v) is 7.34. The molecule has 0 aliphatic carbocycles. The summed E-state index contributed by atoms with van der Waals surface area (Å²) in [5.41, 5.74) is 4.33. The first-order chi connectivity index (χ1) is 12.7. The molecule has 128 valence electrons. The highest BCUT2D eigenvalue weighted by molar-refractivity contribution is 9.10. The topological polar surface area (TPSA) is 73.0 Å². The van der Waals surface area contributed by atoms with Crippen molar-refractivity contribution in [2.75, 3.05) is 6.54 Å². The fraction of sp³-hybridized carbons (Fsp3) is 0.100. The second-order valence-electron chi connectivity index (χ2n) is 6.42. The maximum atomic E-state index is 12.7. The Kier molecular flexibility index (Phi) is 3.46. The van der Waals surface area contributed by atoms with E-state index in [1.807, 2.05) is 42.6 Å². The summed E-state index contributed by atoms with van der Waals surface area (Å²) >= 11 is 3.46. The number of hydrogen-bond donors (Lipinski definition) is 3. The van der Waals surface area contributed by atoms with E-state index in [9.17, 15) is 4.79 Å². The van der Waals surface area contributed by atoms with Gasteiger partial charge in [-0.15, -0.1) is 0 Å². The summed E-state index contributed by atoms with van der Waals surface area (Å²) in [6.45, 7) is 0.511. The summed E-state index contributed by atoms with van der Waals surface area (Å²) in [5.74, 6) is -0.149. The molecule has 6 heteroatoms. The number of carbonyl (C=O) groups excluding carboxylic acids is 1. The zero-order chi connectivity index (χ0) is 17.7. The molecule has 1 aliphatic rings. The van der Waals surface area contributed by atoms with Crippen molar-refractivity contribution in [1.82, 2.24) is 15.3 Å². The molecule has 0 saturated carbocycles. The Morgan fingerprint density at radius 1 is 1.08 bits per heavy atom. The molecule has 3 heterocycles. The zero-order valence-corrected chi connectivity index (χ0v) is 15.3. The molecule has 2 aromatic heterocycles. The molecule has 1 amide bonds. The van der Waals surface area contributed by atoms with Crippen LogP contribution < -0.4 is 5.32 Å². The van der Waals surface area contributed by atoms with Gasteiger partial charge in [0.1, 0.15) is 5.71 Å². The summed E-state index contributed by atoms with van der Waals surface area (Å²) in [7, 11) is 0. The van der Waals surface area contributed by atoms with Crippen molar-refractivity contribution in [3.05, 3.63) is 70.5 Å². The lowest BCUT2D eigenvalue weighted by atomic mass is 10.0. The standard InChI is InChI=1S/C20H15BrN4O/c21-12-5-6-13-14(9-22-16(13)8-12)19-20(26)25-18(10-23-19)17-7-11-3-1-2-4-15(11)24-17/h1-9,18,22,24H,10H2,(H,25,26)/t18-/m1/s1. The summed E-state index contributed by atoms with van der Waals surface area (Å²) in [6.07, 6.45) is 1.85. The highest BCUT2D eigenvalue weighted by Gasteiger charge is 2.27. The van der Waals surface area contributed by atoms with Gasteiger partial charge >= 0.3 is 0 Å². The van der Waals surface area contributed by atoms with E-state index in [-0.39, 0.29) is 11.9 Å². The Balaban J connectivity index is 1.49. The van der Waals surface area contributed by atoms with E-state index in [1.165, 1.54) is 0 Å². The van der Waals surface area contributed by atoms with Crippen molar-refractivity contribution in [2.45, 2.75) is 6.04 Å². The number of fused-ring (bicyclic) bond motifs is 2. The van der Waals surface area contributed by atoms with Crippen LogP contribution in [0.5, 0.6) is 0 Å². The number of hydrogen-bond acceptors (Lipinski definition) is 2. The van der Waals surface area contributed by atoms with Gasteiger partial charge in [-0.3, -0.25) is 9.79 Å². The van der Waals surface area contributed by atoms with E-state index in [0.29, 0.717) is 12.3 Å². The van der Waals surface area contributed by atoms with E-state index in [4.69, 9.17) is 0 Å². The number of nitrogens with one attached hydrogen (secondary N) is 3. The predicted octanol–water partition coefficient (Wildman–Crippen LogP) is 4.07. The van der Waals surface area contributed by atoms with Crippen LogP contribution in [0.2, 0.25) is 0 Å². The van der Waals surface area contributed by atoms with Crippen molar-refractivity contribution in [3.63, 3.8) is 0 Å². The lowest BCUT2D eigenvalue weighted by Crippen LogP contribution is -2.40. The van der Waals surface area contributed by atoms with Crippen LogP contribution in [0.15, 0.2) is 64.2 Å². The summed E-state index contributed by atoms with van der Waals surface area (Å²) in [5, 5.41) is 5.21. The summed E-state index contributed by atoms with van der Waals surface area (Å²) in [4.78, 5) is 23.9. The van der Waals surface area contributed by atoms with E-state index in [1.54, 1.807) is 0 Å². The van der Waals surface area contributed by atoms with Gasteiger partial charge in [0, 0.05) is 38.3 Å². The minimum absolute atomic E-state index is 0.141. The predicted molar refractivity (Wildman–Crippen MR) is 107 cm³/mol. The highest BCUT2D eigenvalue weighted by Crippen LogP contribution is 2.26. The number of nitrogens with zero attached hydrogens (tertiary/aromatic N) is 1. The number of rotatable bonds is 2. The normalized spacial score (nSPS) is 17.5. The van der Waals surface area contributed by atoms with E-state index < -0.39 is 0 Å². The van der Waals surface area contributed by atoms with Gasteiger partial charge in [0.05, 0.1) is 12.6 Å². The number of aromatic nitrogens is 2. The lowest BCUT2D eigenvalue weighted by molar-refractivity contribution is -0.115. The second kappa shape index (κ2) is 5.85. The monoisotopic (exact) mass is 406 g/mol. The summed E-state index contributed by atoms with van der Waals surface area (Å²) < 4.78 is 0.993. The zero-order valence-electron chi connectivity index (χ0n) is 13.7. The maximum absolute atomic E-state index is 12.7. The molecule has 0 radical (unpaired) electrons. The number of carbonyl (C=O) groups is 1. The van der Waals surface area contributed by atoms with Gasteiger partial charge in [0.25, 0.3) is 5.91 Å². The van der Waals surface area contributed by atoms with Gasteiger partial charge in [0.15, 0.2) is 0 Å². The molecule has 4 aromatic rings. The molecular weight excluding hydrogens is 392 g/mol. The van der Waals surface area contributed by atoms with Crippen molar-refractivity contribution in [2.24, 2.45) is 4.99 Å². The first-order valence-corrected chi connectivity index (χ1v) is 9.18. The molecule has 0 unspecified atom stereocenters. The Labute approximate surface area is 157 Å². The third-order valence-electron chi connectivity index (χ3n) is 4.78. The number of halogens is 1. The minimum atomic E-state index is -0.149. The third-order valence-corrected chi connectivity index (χ3v) is 5.27. The molecule has 2 aromatic carbocycles. The quantitative estimate of drug-likeness (QED) is 0.461. The molecule has 1 atom stereocenters. The lowest BCUT2D eigenvalue weighted by Gasteiger charge is -2.21. The average molecular weight is 407 g/mol. The number of aromatic amines is 2. The largest absolute Gasteiger partial charge is 0.360 e. The first kappa shape index (κ1) is 15.4. The van der Waals surface area contributed by atoms with Gasteiger partial charge in [-0.05, 0) is 29.7 Å². The number of para-hydroxylation sites is 1. The van der Waals surface area contributed by atoms with Gasteiger partial charge in [0.2, 0.25) is 0 Å². The summed E-state index contributed by atoms with van der Waals surface area (Å²) in [6, 6.07) is 16.0. The Morgan fingerprint density at radius 3 is 2.81 bits per heavy atom. The van der Waals surface area contributed by atoms with Gasteiger partial charge in [-0.2, -0.15) is 0 Å². The number of benzene rings is 2. The highest BCUT2D eigenvalue weighted by atomic mass is 79.9. The Bertz CT molecular complexity index is 1150. The van der Waals surface area contributed by atoms with Crippen molar-refractivity contribution in [1.29, 1.82) is 0 Å². The van der Waals surface area contributed by atoms with Crippen LogP contribution >= 0.6 is 15.9 Å². The molecular formula is C20H15BrN4O. The smallest absolute Gasteiger partial charge is 0.270 e. The van der Waals surface area contributed by atoms with Gasteiger partial charge in [-0.1, -0.05) is 40.2 Å². The van der Waals surface area contributed by atoms with Crippen molar-refractivity contribution >= 4 is 49.4 Å². The Hall–Kier alpha value is -2.86. The van der Waals surface area contributed by atoms with Crippen molar-refractivity contribution in [3.8, 4) is 0 Å². The average Bonchev–Trinajstić information content (AvgIpc) is 3.25. The van der Waals surface area contributed by atoms with Crippen LogP contribution in [0.4, 0.5) is 0 Å². The molecule has 3 N–H and O–H groups in total. The molecule has 0 fully saturated rings. The molecule has 1 aliphatic heterocycles. The van der Waals surface area contributed by atoms with Crippen LogP contribution in [0.1, 0.15) is 17.3 Å². The Morgan fingerprint density at radius 2 is 1.96 bits per heavy atom. The molecule has 26 heavy (non-hydrogen) atoms. The molecule has 0 saturated heterocycles. The SMILES string of the molecule is O=C1N[C@@H](c2cc3ccccc3[nH]2)CN=C1c1c[nH]c2cc(Br)ccc12.